The average Bonchev–Trinajstić information content (AvgIpc) is 3.07. The Morgan fingerprint density at radius 2 is 1.92 bits per heavy atom. The molecule has 1 saturated carbocycles. The lowest BCUT2D eigenvalue weighted by molar-refractivity contribution is -0.140. The van der Waals surface area contributed by atoms with Crippen LogP contribution >= 0.6 is 23.2 Å². The molecule has 0 saturated heterocycles. The van der Waals surface area contributed by atoms with Crippen molar-refractivity contribution in [2.75, 3.05) is 0 Å². The number of rotatable bonds is 6. The second-order valence-corrected chi connectivity index (χ2v) is 7.10. The minimum Gasteiger partial charge on any atom is -0.352 e. The first-order valence-corrected chi connectivity index (χ1v) is 9.21. The maximum atomic E-state index is 12.5. The molecule has 0 aromatic heterocycles. The van der Waals surface area contributed by atoms with Crippen LogP contribution in [-0.2, 0) is 16.1 Å². The number of nitrogens with one attached hydrogen (secondary N) is 1. The van der Waals surface area contributed by atoms with Crippen molar-refractivity contribution in [1.29, 1.82) is 0 Å². The summed E-state index contributed by atoms with van der Waals surface area (Å²) in [6, 6.07) is 4.99. The monoisotopic (exact) mass is 370 g/mol. The van der Waals surface area contributed by atoms with Crippen LogP contribution in [-0.4, -0.2) is 28.8 Å². The quantitative estimate of drug-likeness (QED) is 0.816. The van der Waals surface area contributed by atoms with Gasteiger partial charge in [-0.25, -0.2) is 0 Å². The van der Waals surface area contributed by atoms with Gasteiger partial charge in [0, 0.05) is 19.0 Å². The summed E-state index contributed by atoms with van der Waals surface area (Å²) >= 11 is 12.0. The van der Waals surface area contributed by atoms with Crippen molar-refractivity contribution >= 4 is 35.0 Å². The summed E-state index contributed by atoms with van der Waals surface area (Å²) in [5.41, 5.74) is 0.853. The van der Waals surface area contributed by atoms with Gasteiger partial charge in [0.05, 0.1) is 10.0 Å². The highest BCUT2D eigenvalue weighted by molar-refractivity contribution is 6.42. The van der Waals surface area contributed by atoms with Gasteiger partial charge in [-0.2, -0.15) is 0 Å². The minimum atomic E-state index is -0.521. The first kappa shape index (κ1) is 19.1. The zero-order valence-electron chi connectivity index (χ0n) is 14.1. The van der Waals surface area contributed by atoms with Crippen molar-refractivity contribution in [2.45, 2.75) is 64.6 Å². The van der Waals surface area contributed by atoms with Gasteiger partial charge < -0.3 is 10.2 Å². The number of amides is 2. The van der Waals surface area contributed by atoms with E-state index in [-0.39, 0.29) is 17.9 Å². The van der Waals surface area contributed by atoms with E-state index >= 15 is 0 Å². The lowest BCUT2D eigenvalue weighted by Gasteiger charge is -2.29. The third-order valence-electron chi connectivity index (χ3n) is 4.51. The number of hydrogen-bond donors (Lipinski definition) is 1. The average molecular weight is 371 g/mol. The Labute approximate surface area is 153 Å². The van der Waals surface area contributed by atoms with Crippen LogP contribution < -0.4 is 5.32 Å². The molecule has 0 spiro atoms. The van der Waals surface area contributed by atoms with Crippen LogP contribution in [0.15, 0.2) is 18.2 Å². The standard InChI is InChI=1S/C18H24Cl2N2O2/c1-3-17(23)22(11-13-8-9-15(19)16(20)10-13)12(2)18(24)21-14-6-4-5-7-14/h8-10,12,14H,3-7,11H2,1-2H3,(H,21,24)/t12-/m0/s1. The van der Waals surface area contributed by atoms with E-state index in [1.807, 2.05) is 6.07 Å². The zero-order valence-corrected chi connectivity index (χ0v) is 15.7. The number of carbonyl (C=O) groups is 2. The van der Waals surface area contributed by atoms with Gasteiger partial charge >= 0.3 is 0 Å². The topological polar surface area (TPSA) is 49.4 Å². The Morgan fingerprint density at radius 1 is 1.25 bits per heavy atom. The molecule has 1 N–H and O–H groups in total. The van der Waals surface area contributed by atoms with E-state index in [0.717, 1.165) is 31.2 Å². The Hall–Kier alpha value is -1.26. The zero-order chi connectivity index (χ0) is 17.7. The summed E-state index contributed by atoms with van der Waals surface area (Å²) in [6.45, 7) is 3.91. The maximum Gasteiger partial charge on any atom is 0.242 e. The fourth-order valence-electron chi connectivity index (χ4n) is 3.01. The molecule has 1 aliphatic carbocycles. The van der Waals surface area contributed by atoms with Gasteiger partial charge in [-0.05, 0) is 37.5 Å². The van der Waals surface area contributed by atoms with Gasteiger partial charge in [0.2, 0.25) is 11.8 Å². The highest BCUT2D eigenvalue weighted by Gasteiger charge is 2.27. The number of halogens is 2. The van der Waals surface area contributed by atoms with Gasteiger partial charge in [0.15, 0.2) is 0 Å². The molecular formula is C18H24Cl2N2O2. The van der Waals surface area contributed by atoms with Crippen molar-refractivity contribution in [3.05, 3.63) is 33.8 Å². The predicted octanol–water partition coefficient (Wildman–Crippen LogP) is 4.18. The molecule has 2 amide bonds. The predicted molar refractivity (Wildman–Crippen MR) is 97.2 cm³/mol. The van der Waals surface area contributed by atoms with E-state index in [2.05, 4.69) is 5.32 Å². The van der Waals surface area contributed by atoms with Crippen molar-refractivity contribution in [3.63, 3.8) is 0 Å². The summed E-state index contributed by atoms with van der Waals surface area (Å²) in [4.78, 5) is 26.5. The third kappa shape index (κ3) is 4.87. The van der Waals surface area contributed by atoms with E-state index < -0.39 is 6.04 Å². The molecule has 1 aromatic rings. The first-order valence-electron chi connectivity index (χ1n) is 8.46. The molecule has 24 heavy (non-hydrogen) atoms. The first-order chi connectivity index (χ1) is 11.4. The maximum absolute atomic E-state index is 12.5. The van der Waals surface area contributed by atoms with Crippen molar-refractivity contribution < 1.29 is 9.59 Å². The Kier molecular flexibility index (Phi) is 6.93. The van der Waals surface area contributed by atoms with Crippen LogP contribution in [0.5, 0.6) is 0 Å². The Morgan fingerprint density at radius 3 is 2.50 bits per heavy atom. The summed E-state index contributed by atoms with van der Waals surface area (Å²) < 4.78 is 0. The van der Waals surface area contributed by atoms with E-state index in [1.54, 1.807) is 30.9 Å². The van der Waals surface area contributed by atoms with Crippen LogP contribution in [0.2, 0.25) is 10.0 Å². The molecule has 1 aliphatic rings. The van der Waals surface area contributed by atoms with Gasteiger partial charge in [0.25, 0.3) is 0 Å². The van der Waals surface area contributed by atoms with Gasteiger partial charge in [0.1, 0.15) is 6.04 Å². The van der Waals surface area contributed by atoms with Crippen molar-refractivity contribution in [2.24, 2.45) is 0 Å². The number of carbonyl (C=O) groups excluding carboxylic acids is 2. The lowest BCUT2D eigenvalue weighted by Crippen LogP contribution is -2.49. The van der Waals surface area contributed by atoms with Gasteiger partial charge in [-0.15, -0.1) is 0 Å². The summed E-state index contributed by atoms with van der Waals surface area (Å²) in [6.07, 6.45) is 4.70. The molecule has 1 fully saturated rings. The summed E-state index contributed by atoms with van der Waals surface area (Å²) in [7, 11) is 0. The molecular weight excluding hydrogens is 347 g/mol. The molecule has 6 heteroatoms. The van der Waals surface area contributed by atoms with Crippen molar-refractivity contribution in [3.8, 4) is 0 Å². The fraction of sp³-hybridized carbons (Fsp3) is 0.556. The summed E-state index contributed by atoms with van der Waals surface area (Å²) in [5, 5.41) is 3.98. The molecule has 0 bridgehead atoms. The normalized spacial score (nSPS) is 16.0. The second kappa shape index (κ2) is 8.72. The van der Waals surface area contributed by atoms with Crippen LogP contribution in [0.25, 0.3) is 0 Å². The Balaban J connectivity index is 2.09. The Bertz CT molecular complexity index is 601. The van der Waals surface area contributed by atoms with Crippen LogP contribution in [0.4, 0.5) is 0 Å². The van der Waals surface area contributed by atoms with Gasteiger partial charge in [-0.1, -0.05) is 49.0 Å². The summed E-state index contributed by atoms with van der Waals surface area (Å²) in [5.74, 6) is -0.154. The van der Waals surface area contributed by atoms with E-state index in [1.165, 1.54) is 0 Å². The number of hydrogen-bond acceptors (Lipinski definition) is 2. The van der Waals surface area contributed by atoms with E-state index in [4.69, 9.17) is 23.2 Å². The molecule has 2 rings (SSSR count). The molecule has 0 radical (unpaired) electrons. The smallest absolute Gasteiger partial charge is 0.242 e. The minimum absolute atomic E-state index is 0.0601. The third-order valence-corrected chi connectivity index (χ3v) is 5.25. The molecule has 1 atom stereocenters. The largest absolute Gasteiger partial charge is 0.352 e. The fourth-order valence-corrected chi connectivity index (χ4v) is 3.33. The lowest BCUT2D eigenvalue weighted by atomic mass is 10.1. The van der Waals surface area contributed by atoms with Gasteiger partial charge in [-0.3, -0.25) is 9.59 Å². The molecule has 4 nitrogen and oxygen atoms in total. The van der Waals surface area contributed by atoms with Crippen LogP contribution in [0, 0.1) is 0 Å². The van der Waals surface area contributed by atoms with Crippen LogP contribution in [0.3, 0.4) is 0 Å². The molecule has 132 valence electrons. The van der Waals surface area contributed by atoms with E-state index in [9.17, 15) is 9.59 Å². The molecule has 0 unspecified atom stereocenters. The molecule has 1 aromatic carbocycles. The highest BCUT2D eigenvalue weighted by atomic mass is 35.5. The molecule has 0 heterocycles. The second-order valence-electron chi connectivity index (χ2n) is 6.29. The van der Waals surface area contributed by atoms with Crippen LogP contribution in [0.1, 0.15) is 51.5 Å². The van der Waals surface area contributed by atoms with Crippen molar-refractivity contribution in [1.82, 2.24) is 10.2 Å². The highest BCUT2D eigenvalue weighted by Crippen LogP contribution is 2.24. The molecule has 0 aliphatic heterocycles. The number of benzene rings is 1. The SMILES string of the molecule is CCC(=O)N(Cc1ccc(Cl)c(Cl)c1)[C@@H](C)C(=O)NC1CCCC1. The van der Waals surface area contributed by atoms with E-state index in [0.29, 0.717) is 23.0 Å². The number of nitrogens with zero attached hydrogens (tertiary/aromatic N) is 1.